The molecule has 0 radical (unpaired) electrons. The molecule has 2 heterocycles. The van der Waals surface area contributed by atoms with E-state index in [2.05, 4.69) is 6.07 Å². The summed E-state index contributed by atoms with van der Waals surface area (Å²) in [6.45, 7) is 0. The Morgan fingerprint density at radius 2 is 1.63 bits per heavy atom. The molecule has 2 aromatic heterocycles. The molecule has 148 valence electrons. The van der Waals surface area contributed by atoms with Gasteiger partial charge in [0, 0.05) is 32.5 Å². The maximum atomic E-state index is 12.1. The van der Waals surface area contributed by atoms with Crippen LogP contribution in [-0.4, -0.2) is 24.6 Å². The summed E-state index contributed by atoms with van der Waals surface area (Å²) in [6.07, 6.45) is 1.21. The summed E-state index contributed by atoms with van der Waals surface area (Å²) in [5.74, 6) is 0.572. The molecule has 0 N–H and O–H groups in total. The standard InChI is InChI=1S/C23H15ClN2O2S2/c1-30(27,28)17-6-4-5-15(13-17)20-22-21(18-7-2-3-8-19(18)29-22)26-23(25-20)14-9-11-16(24)12-10-14/h2-13H,1H3. The van der Waals surface area contributed by atoms with Crippen molar-refractivity contribution in [3.8, 4) is 22.6 Å². The van der Waals surface area contributed by atoms with Crippen LogP contribution in [0.5, 0.6) is 0 Å². The van der Waals surface area contributed by atoms with Crippen LogP contribution in [-0.2, 0) is 9.84 Å². The van der Waals surface area contributed by atoms with E-state index in [0.717, 1.165) is 37.1 Å². The number of sulfone groups is 1. The summed E-state index contributed by atoms with van der Waals surface area (Å²) < 4.78 is 26.2. The van der Waals surface area contributed by atoms with Gasteiger partial charge in [-0.05, 0) is 42.5 Å². The first-order chi connectivity index (χ1) is 14.4. The number of fused-ring (bicyclic) bond motifs is 3. The van der Waals surface area contributed by atoms with Crippen LogP contribution in [0.2, 0.25) is 5.02 Å². The maximum Gasteiger partial charge on any atom is 0.175 e. The fraction of sp³-hybridized carbons (Fsp3) is 0.0435. The van der Waals surface area contributed by atoms with E-state index in [1.165, 1.54) is 6.26 Å². The minimum atomic E-state index is -3.33. The molecule has 0 spiro atoms. The first-order valence-electron chi connectivity index (χ1n) is 9.16. The van der Waals surface area contributed by atoms with E-state index in [9.17, 15) is 8.42 Å². The Morgan fingerprint density at radius 3 is 2.40 bits per heavy atom. The predicted octanol–water partition coefficient (Wildman–Crippen LogP) is 6.24. The molecule has 0 bridgehead atoms. The van der Waals surface area contributed by atoms with E-state index in [4.69, 9.17) is 21.6 Å². The average molecular weight is 451 g/mol. The van der Waals surface area contributed by atoms with Gasteiger partial charge in [0.15, 0.2) is 15.7 Å². The molecule has 0 saturated heterocycles. The summed E-state index contributed by atoms with van der Waals surface area (Å²) in [5.41, 5.74) is 3.16. The molecule has 30 heavy (non-hydrogen) atoms. The van der Waals surface area contributed by atoms with Gasteiger partial charge in [-0.1, -0.05) is 41.9 Å². The lowest BCUT2D eigenvalue weighted by atomic mass is 10.1. The minimum Gasteiger partial charge on any atom is -0.226 e. The largest absolute Gasteiger partial charge is 0.226 e. The Kier molecular flexibility index (Phi) is 4.58. The summed E-state index contributed by atoms with van der Waals surface area (Å²) in [7, 11) is -3.33. The fourth-order valence-corrected chi connectivity index (χ4v) is 5.34. The van der Waals surface area contributed by atoms with Gasteiger partial charge in [-0.15, -0.1) is 11.3 Å². The number of thiophene rings is 1. The molecule has 0 atom stereocenters. The zero-order valence-electron chi connectivity index (χ0n) is 15.8. The van der Waals surface area contributed by atoms with E-state index < -0.39 is 9.84 Å². The van der Waals surface area contributed by atoms with Crippen LogP contribution in [0.3, 0.4) is 0 Å². The number of hydrogen-bond acceptors (Lipinski definition) is 5. The molecule has 3 aromatic carbocycles. The van der Waals surface area contributed by atoms with Gasteiger partial charge in [0.2, 0.25) is 0 Å². The van der Waals surface area contributed by atoms with Crippen molar-refractivity contribution < 1.29 is 8.42 Å². The molecule has 0 unspecified atom stereocenters. The van der Waals surface area contributed by atoms with Crippen LogP contribution in [0.15, 0.2) is 77.7 Å². The second kappa shape index (κ2) is 7.16. The van der Waals surface area contributed by atoms with E-state index in [1.807, 2.05) is 36.4 Å². The molecular formula is C23H15ClN2O2S2. The number of halogens is 1. The maximum absolute atomic E-state index is 12.1. The molecule has 4 nitrogen and oxygen atoms in total. The molecule has 0 amide bonds. The van der Waals surface area contributed by atoms with Crippen molar-refractivity contribution in [1.29, 1.82) is 0 Å². The molecule has 0 aliphatic heterocycles. The molecule has 5 rings (SSSR count). The van der Waals surface area contributed by atoms with E-state index in [-0.39, 0.29) is 4.90 Å². The smallest absolute Gasteiger partial charge is 0.175 e. The van der Waals surface area contributed by atoms with E-state index >= 15 is 0 Å². The third kappa shape index (κ3) is 3.37. The van der Waals surface area contributed by atoms with E-state index in [1.54, 1.807) is 41.7 Å². The number of hydrogen-bond donors (Lipinski definition) is 0. The molecule has 0 saturated carbocycles. The van der Waals surface area contributed by atoms with Gasteiger partial charge in [-0.2, -0.15) is 0 Å². The molecule has 0 fully saturated rings. The lowest BCUT2D eigenvalue weighted by Crippen LogP contribution is -1.98. The van der Waals surface area contributed by atoms with E-state index in [0.29, 0.717) is 10.8 Å². The summed E-state index contributed by atoms with van der Waals surface area (Å²) in [4.78, 5) is 9.97. The van der Waals surface area contributed by atoms with Gasteiger partial charge in [0.25, 0.3) is 0 Å². The van der Waals surface area contributed by atoms with Crippen molar-refractivity contribution in [2.45, 2.75) is 4.90 Å². The molecule has 7 heteroatoms. The van der Waals surface area contributed by atoms with Crippen molar-refractivity contribution in [3.05, 3.63) is 77.8 Å². The van der Waals surface area contributed by atoms with Crippen LogP contribution < -0.4 is 0 Å². The van der Waals surface area contributed by atoms with Gasteiger partial charge in [-0.25, -0.2) is 18.4 Å². The van der Waals surface area contributed by atoms with Crippen LogP contribution in [0, 0.1) is 0 Å². The van der Waals surface area contributed by atoms with Gasteiger partial charge in [0.05, 0.1) is 20.8 Å². The van der Waals surface area contributed by atoms with Crippen molar-refractivity contribution in [2.75, 3.05) is 6.26 Å². The third-order valence-electron chi connectivity index (χ3n) is 4.86. The topological polar surface area (TPSA) is 59.9 Å². The van der Waals surface area contributed by atoms with Crippen LogP contribution in [0.1, 0.15) is 0 Å². The zero-order chi connectivity index (χ0) is 20.9. The van der Waals surface area contributed by atoms with Gasteiger partial charge >= 0.3 is 0 Å². The quantitative estimate of drug-likeness (QED) is 0.326. The van der Waals surface area contributed by atoms with Crippen LogP contribution in [0.4, 0.5) is 0 Å². The second-order valence-electron chi connectivity index (χ2n) is 6.98. The highest BCUT2D eigenvalue weighted by atomic mass is 35.5. The predicted molar refractivity (Wildman–Crippen MR) is 124 cm³/mol. The Labute approximate surface area is 182 Å². The van der Waals surface area contributed by atoms with Crippen LogP contribution >= 0.6 is 22.9 Å². The third-order valence-corrected chi connectivity index (χ3v) is 7.39. The fourth-order valence-electron chi connectivity index (χ4n) is 3.39. The number of benzene rings is 3. The van der Waals surface area contributed by atoms with Gasteiger partial charge in [-0.3, -0.25) is 0 Å². The Balaban J connectivity index is 1.85. The van der Waals surface area contributed by atoms with Crippen molar-refractivity contribution in [2.24, 2.45) is 0 Å². The molecular weight excluding hydrogens is 436 g/mol. The highest BCUT2D eigenvalue weighted by Crippen LogP contribution is 2.39. The number of rotatable bonds is 3. The number of aromatic nitrogens is 2. The monoisotopic (exact) mass is 450 g/mol. The molecule has 5 aromatic rings. The highest BCUT2D eigenvalue weighted by molar-refractivity contribution is 7.90. The highest BCUT2D eigenvalue weighted by Gasteiger charge is 2.17. The van der Waals surface area contributed by atoms with Crippen molar-refractivity contribution in [3.63, 3.8) is 0 Å². The average Bonchev–Trinajstić information content (AvgIpc) is 3.12. The summed E-state index contributed by atoms with van der Waals surface area (Å²) in [6, 6.07) is 22.4. The SMILES string of the molecule is CS(=O)(=O)c1cccc(-c2nc(-c3ccc(Cl)cc3)nc3c2sc2ccccc23)c1. The summed E-state index contributed by atoms with van der Waals surface area (Å²) >= 11 is 7.65. The first-order valence-corrected chi connectivity index (χ1v) is 12.2. The van der Waals surface area contributed by atoms with Gasteiger partial charge in [0.1, 0.15) is 0 Å². The molecule has 0 aliphatic carbocycles. The second-order valence-corrected chi connectivity index (χ2v) is 10.5. The zero-order valence-corrected chi connectivity index (χ0v) is 18.2. The lowest BCUT2D eigenvalue weighted by Gasteiger charge is -2.08. The Morgan fingerprint density at radius 1 is 0.867 bits per heavy atom. The van der Waals surface area contributed by atoms with Crippen LogP contribution in [0.25, 0.3) is 42.9 Å². The van der Waals surface area contributed by atoms with Crippen molar-refractivity contribution in [1.82, 2.24) is 9.97 Å². The first kappa shape index (κ1) is 19.2. The number of nitrogens with zero attached hydrogens (tertiary/aromatic N) is 2. The minimum absolute atomic E-state index is 0.265. The van der Waals surface area contributed by atoms with Crippen molar-refractivity contribution >= 4 is 53.1 Å². The Bertz CT molecular complexity index is 1520. The van der Waals surface area contributed by atoms with Gasteiger partial charge < -0.3 is 0 Å². The summed E-state index contributed by atoms with van der Waals surface area (Å²) in [5, 5.41) is 1.69. The normalized spacial score (nSPS) is 11.9. The Hall–Kier alpha value is -2.80. The lowest BCUT2D eigenvalue weighted by molar-refractivity contribution is 0.602. The molecule has 0 aliphatic rings.